The molecule has 0 spiro atoms. The van der Waals surface area contributed by atoms with Crippen molar-refractivity contribution >= 4 is 17.5 Å². The predicted molar refractivity (Wildman–Crippen MR) is 96.6 cm³/mol. The van der Waals surface area contributed by atoms with Gasteiger partial charge in [-0.2, -0.15) is 0 Å². The van der Waals surface area contributed by atoms with Crippen molar-refractivity contribution in [3.05, 3.63) is 65.7 Å². The molecule has 0 saturated carbocycles. The fraction of sp³-hybridized carbons (Fsp3) is 0.300. The van der Waals surface area contributed by atoms with E-state index in [9.17, 15) is 18.4 Å². The number of nitrogens with one attached hydrogen (secondary N) is 1. The molecule has 0 aliphatic rings. The number of aryl methyl sites for hydroxylation is 1. The van der Waals surface area contributed by atoms with Crippen molar-refractivity contribution in [2.75, 3.05) is 18.4 Å². The Morgan fingerprint density at radius 1 is 1.04 bits per heavy atom. The van der Waals surface area contributed by atoms with Crippen LogP contribution < -0.4 is 5.32 Å². The van der Waals surface area contributed by atoms with Crippen LogP contribution in [-0.2, 0) is 16.0 Å². The van der Waals surface area contributed by atoms with Gasteiger partial charge < -0.3 is 10.2 Å². The van der Waals surface area contributed by atoms with E-state index >= 15 is 0 Å². The fourth-order valence-electron chi connectivity index (χ4n) is 2.59. The number of hydrogen-bond donors (Lipinski definition) is 1. The summed E-state index contributed by atoms with van der Waals surface area (Å²) in [5, 5.41) is 2.40. The number of carbonyl (C=O) groups is 2. The van der Waals surface area contributed by atoms with Crippen molar-refractivity contribution in [3.63, 3.8) is 0 Å². The van der Waals surface area contributed by atoms with Gasteiger partial charge >= 0.3 is 0 Å². The molecule has 138 valence electrons. The van der Waals surface area contributed by atoms with Gasteiger partial charge in [0.2, 0.25) is 11.8 Å². The Kier molecular flexibility index (Phi) is 7.26. The Morgan fingerprint density at radius 3 is 2.42 bits per heavy atom. The van der Waals surface area contributed by atoms with Gasteiger partial charge in [-0.3, -0.25) is 9.59 Å². The highest BCUT2D eigenvalue weighted by molar-refractivity contribution is 5.91. The zero-order valence-electron chi connectivity index (χ0n) is 14.7. The smallest absolute Gasteiger partial charge is 0.226 e. The Morgan fingerprint density at radius 2 is 1.77 bits per heavy atom. The minimum absolute atomic E-state index is 0.0434. The molecule has 0 aliphatic carbocycles. The molecule has 0 unspecified atom stereocenters. The number of anilines is 1. The Hall–Kier alpha value is -2.76. The number of halogens is 2. The Bertz CT molecular complexity index is 751. The normalized spacial score (nSPS) is 10.4. The van der Waals surface area contributed by atoms with Crippen molar-refractivity contribution in [2.24, 2.45) is 0 Å². The first-order valence-electron chi connectivity index (χ1n) is 8.50. The van der Waals surface area contributed by atoms with E-state index in [-0.39, 0.29) is 24.6 Å². The van der Waals surface area contributed by atoms with Crippen LogP contribution in [0.5, 0.6) is 0 Å². The van der Waals surface area contributed by atoms with E-state index in [4.69, 9.17) is 0 Å². The predicted octanol–water partition coefficient (Wildman–Crippen LogP) is 3.77. The summed E-state index contributed by atoms with van der Waals surface area (Å²) in [6, 6.07) is 12.9. The zero-order valence-corrected chi connectivity index (χ0v) is 14.7. The van der Waals surface area contributed by atoms with Crippen LogP contribution in [0.2, 0.25) is 0 Å². The molecule has 4 nitrogen and oxygen atoms in total. The average molecular weight is 360 g/mol. The van der Waals surface area contributed by atoms with Crippen LogP contribution in [0.1, 0.15) is 25.3 Å². The maximum Gasteiger partial charge on any atom is 0.226 e. The number of nitrogens with zero attached hydrogens (tertiary/aromatic N) is 1. The largest absolute Gasteiger partial charge is 0.342 e. The summed E-state index contributed by atoms with van der Waals surface area (Å²) < 4.78 is 26.4. The van der Waals surface area contributed by atoms with Gasteiger partial charge in [-0.15, -0.1) is 0 Å². The highest BCUT2D eigenvalue weighted by Crippen LogP contribution is 2.15. The highest BCUT2D eigenvalue weighted by atomic mass is 19.1. The molecule has 2 aromatic carbocycles. The summed E-state index contributed by atoms with van der Waals surface area (Å²) in [7, 11) is 0. The molecule has 0 aromatic heterocycles. The molecule has 1 N–H and O–H groups in total. The van der Waals surface area contributed by atoms with E-state index in [1.807, 2.05) is 30.3 Å². The van der Waals surface area contributed by atoms with Gasteiger partial charge in [0.05, 0.1) is 5.69 Å². The van der Waals surface area contributed by atoms with Crippen molar-refractivity contribution < 1.29 is 18.4 Å². The third kappa shape index (κ3) is 6.27. The first kappa shape index (κ1) is 19.6. The topological polar surface area (TPSA) is 49.4 Å². The molecule has 0 radical (unpaired) electrons. The van der Waals surface area contributed by atoms with Gasteiger partial charge in [-0.1, -0.05) is 30.3 Å². The first-order chi connectivity index (χ1) is 12.5. The number of carbonyl (C=O) groups excluding carboxylic acids is 2. The lowest BCUT2D eigenvalue weighted by molar-refractivity contribution is -0.129. The maximum atomic E-state index is 13.5. The molecule has 6 heteroatoms. The molecule has 0 aliphatic heterocycles. The van der Waals surface area contributed by atoms with Crippen LogP contribution in [0.3, 0.4) is 0 Å². The molecular weight excluding hydrogens is 338 g/mol. The van der Waals surface area contributed by atoms with Crippen molar-refractivity contribution in [3.8, 4) is 0 Å². The van der Waals surface area contributed by atoms with E-state index < -0.39 is 17.5 Å². The van der Waals surface area contributed by atoms with E-state index in [1.54, 1.807) is 4.90 Å². The fourth-order valence-corrected chi connectivity index (χ4v) is 2.59. The lowest BCUT2D eigenvalue weighted by Crippen LogP contribution is -2.33. The van der Waals surface area contributed by atoms with E-state index in [0.29, 0.717) is 12.6 Å². The lowest BCUT2D eigenvalue weighted by atomic mass is 10.1. The highest BCUT2D eigenvalue weighted by Gasteiger charge is 2.13. The van der Waals surface area contributed by atoms with Crippen LogP contribution in [0.4, 0.5) is 14.5 Å². The molecule has 0 fully saturated rings. The summed E-state index contributed by atoms with van der Waals surface area (Å²) in [5.41, 5.74) is 1.12. The minimum Gasteiger partial charge on any atom is -0.342 e. The van der Waals surface area contributed by atoms with Crippen molar-refractivity contribution in [2.45, 2.75) is 26.2 Å². The lowest BCUT2D eigenvalue weighted by Gasteiger charge is -2.21. The van der Waals surface area contributed by atoms with Crippen LogP contribution in [-0.4, -0.2) is 29.8 Å². The van der Waals surface area contributed by atoms with Crippen molar-refractivity contribution in [1.82, 2.24) is 4.90 Å². The monoisotopic (exact) mass is 360 g/mol. The number of amides is 2. The van der Waals surface area contributed by atoms with Crippen LogP contribution in [0.25, 0.3) is 0 Å². The molecule has 2 amide bonds. The quantitative estimate of drug-likeness (QED) is 0.779. The second-order valence-corrected chi connectivity index (χ2v) is 6.02. The van der Waals surface area contributed by atoms with Gasteiger partial charge in [0.25, 0.3) is 0 Å². The second kappa shape index (κ2) is 9.65. The van der Waals surface area contributed by atoms with Gasteiger partial charge in [0.1, 0.15) is 11.6 Å². The molecule has 0 saturated heterocycles. The minimum atomic E-state index is -0.829. The summed E-state index contributed by atoms with van der Waals surface area (Å²) in [5.74, 6) is -2.07. The molecule has 2 aromatic rings. The third-order valence-electron chi connectivity index (χ3n) is 4.00. The zero-order chi connectivity index (χ0) is 18.9. The average Bonchev–Trinajstić information content (AvgIpc) is 2.61. The number of hydrogen-bond acceptors (Lipinski definition) is 2. The second-order valence-electron chi connectivity index (χ2n) is 6.02. The molecule has 0 heterocycles. The number of benzene rings is 2. The third-order valence-corrected chi connectivity index (χ3v) is 4.00. The molecule has 0 atom stereocenters. The summed E-state index contributed by atoms with van der Waals surface area (Å²) in [6.07, 6.45) is 1.68. The van der Waals surface area contributed by atoms with Crippen LogP contribution in [0.15, 0.2) is 48.5 Å². The first-order valence-corrected chi connectivity index (χ1v) is 8.50. The standard InChI is InChI=1S/C20H22F2N2O2/c1-15(25)24(12-5-8-16-6-3-2-4-7-16)13-11-20(26)23-19-10-9-17(21)14-18(19)22/h2-4,6-7,9-10,14H,5,8,11-13H2,1H3,(H,23,26). The maximum absolute atomic E-state index is 13.5. The van der Waals surface area contributed by atoms with Gasteiger partial charge in [0, 0.05) is 32.5 Å². The van der Waals surface area contributed by atoms with Crippen molar-refractivity contribution in [1.29, 1.82) is 0 Å². The Labute approximate surface area is 151 Å². The Balaban J connectivity index is 1.79. The summed E-state index contributed by atoms with van der Waals surface area (Å²) in [4.78, 5) is 25.3. The summed E-state index contributed by atoms with van der Waals surface area (Å²) in [6.45, 7) is 2.25. The van der Waals surface area contributed by atoms with Crippen LogP contribution >= 0.6 is 0 Å². The summed E-state index contributed by atoms with van der Waals surface area (Å²) >= 11 is 0. The van der Waals surface area contributed by atoms with E-state index in [0.717, 1.165) is 18.9 Å². The van der Waals surface area contributed by atoms with Crippen LogP contribution in [0, 0.1) is 11.6 Å². The number of rotatable bonds is 8. The molecular formula is C20H22F2N2O2. The molecule has 0 bridgehead atoms. The van der Waals surface area contributed by atoms with E-state index in [2.05, 4.69) is 5.32 Å². The van der Waals surface area contributed by atoms with Gasteiger partial charge in [-0.25, -0.2) is 8.78 Å². The molecule has 2 rings (SSSR count). The van der Waals surface area contributed by atoms with Gasteiger partial charge in [0.15, 0.2) is 0 Å². The van der Waals surface area contributed by atoms with E-state index in [1.165, 1.54) is 18.6 Å². The molecule has 26 heavy (non-hydrogen) atoms. The SMILES string of the molecule is CC(=O)N(CCCc1ccccc1)CCC(=O)Nc1ccc(F)cc1F. The van der Waals surface area contributed by atoms with Gasteiger partial charge in [-0.05, 0) is 30.5 Å².